The van der Waals surface area contributed by atoms with Gasteiger partial charge in [-0.2, -0.15) is 5.10 Å². The fourth-order valence-electron chi connectivity index (χ4n) is 2.85. The molecule has 1 atom stereocenters. The van der Waals surface area contributed by atoms with E-state index in [9.17, 15) is 4.79 Å². The molecule has 1 fully saturated rings. The van der Waals surface area contributed by atoms with Gasteiger partial charge in [-0.15, -0.1) is 5.10 Å². The Morgan fingerprint density at radius 2 is 2.33 bits per heavy atom. The molecule has 4 heterocycles. The molecule has 0 radical (unpaired) electrons. The van der Waals surface area contributed by atoms with Gasteiger partial charge >= 0.3 is 5.97 Å². The number of hydrogen-bond donors (Lipinski definition) is 0. The number of methoxy groups -OCH3 is 1. The Labute approximate surface area is 141 Å². The first-order valence-electron chi connectivity index (χ1n) is 7.64. The van der Waals surface area contributed by atoms with Crippen LogP contribution in [-0.2, 0) is 9.47 Å². The van der Waals surface area contributed by atoms with Crippen LogP contribution in [0.2, 0.25) is 0 Å². The van der Waals surface area contributed by atoms with Crippen molar-refractivity contribution in [3.8, 4) is 10.6 Å². The average Bonchev–Trinajstić information content (AvgIpc) is 3.30. The molecule has 0 bridgehead atoms. The predicted octanol–water partition coefficient (Wildman–Crippen LogP) is 2.44. The van der Waals surface area contributed by atoms with Crippen LogP contribution in [0.5, 0.6) is 0 Å². The molecule has 0 aromatic carbocycles. The number of carbonyl (C=O) groups excluding carboxylic acids is 1. The molecule has 3 aromatic heterocycles. The van der Waals surface area contributed by atoms with E-state index < -0.39 is 5.97 Å². The summed E-state index contributed by atoms with van der Waals surface area (Å²) in [4.78, 5) is 17.4. The van der Waals surface area contributed by atoms with Gasteiger partial charge in [0.15, 0.2) is 11.9 Å². The Kier molecular flexibility index (Phi) is 3.95. The summed E-state index contributed by atoms with van der Waals surface area (Å²) in [7, 11) is 1.34. The quantitative estimate of drug-likeness (QED) is 0.673. The molecule has 8 nitrogen and oxygen atoms in total. The van der Waals surface area contributed by atoms with E-state index in [4.69, 9.17) is 9.47 Å². The largest absolute Gasteiger partial charge is 0.464 e. The number of aromatic nitrogens is 5. The van der Waals surface area contributed by atoms with Crippen molar-refractivity contribution in [2.45, 2.75) is 25.5 Å². The van der Waals surface area contributed by atoms with Crippen LogP contribution in [0.3, 0.4) is 0 Å². The molecule has 0 N–H and O–H groups in total. The van der Waals surface area contributed by atoms with Crippen molar-refractivity contribution in [2.24, 2.45) is 0 Å². The van der Waals surface area contributed by atoms with Crippen molar-refractivity contribution in [1.29, 1.82) is 0 Å². The molecule has 0 amide bonds. The summed E-state index contributed by atoms with van der Waals surface area (Å²) < 4.78 is 16.4. The van der Waals surface area contributed by atoms with Crippen LogP contribution >= 0.6 is 11.5 Å². The lowest BCUT2D eigenvalue weighted by atomic mass is 10.1. The highest BCUT2D eigenvalue weighted by molar-refractivity contribution is 7.09. The number of hydrogen-bond acceptors (Lipinski definition) is 8. The highest BCUT2D eigenvalue weighted by Gasteiger charge is 2.23. The van der Waals surface area contributed by atoms with Gasteiger partial charge in [0.05, 0.1) is 41.0 Å². The van der Waals surface area contributed by atoms with Gasteiger partial charge < -0.3 is 9.47 Å². The van der Waals surface area contributed by atoms with Crippen LogP contribution < -0.4 is 0 Å². The SMILES string of the molecule is COC(=O)c1nc(-c2cnns2)cc2c1cnn2C1CCCCO1. The monoisotopic (exact) mass is 345 g/mol. The lowest BCUT2D eigenvalue weighted by Gasteiger charge is -2.23. The zero-order valence-electron chi connectivity index (χ0n) is 13.0. The lowest BCUT2D eigenvalue weighted by molar-refractivity contribution is -0.0366. The third-order valence-electron chi connectivity index (χ3n) is 4.02. The molecule has 0 saturated carbocycles. The van der Waals surface area contributed by atoms with Crippen molar-refractivity contribution in [3.05, 3.63) is 24.2 Å². The standard InChI is InChI=1S/C15H15N5O3S/c1-22-15(21)14-9-7-17-20(13-4-2-3-5-23-13)11(9)6-10(18-14)12-8-16-19-24-12/h6-8,13H,2-5H2,1H3. The van der Waals surface area contributed by atoms with E-state index in [0.29, 0.717) is 17.7 Å². The second kappa shape index (κ2) is 6.25. The molecule has 4 rings (SSSR count). The zero-order valence-corrected chi connectivity index (χ0v) is 13.8. The van der Waals surface area contributed by atoms with Crippen molar-refractivity contribution >= 4 is 28.4 Å². The number of carbonyl (C=O) groups is 1. The second-order valence-corrected chi connectivity index (χ2v) is 6.26. The molecule has 1 unspecified atom stereocenters. The normalized spacial score (nSPS) is 18.0. The first kappa shape index (κ1) is 15.2. The van der Waals surface area contributed by atoms with Crippen molar-refractivity contribution in [1.82, 2.24) is 24.4 Å². The van der Waals surface area contributed by atoms with Crippen molar-refractivity contribution in [2.75, 3.05) is 13.7 Å². The van der Waals surface area contributed by atoms with E-state index in [0.717, 1.165) is 29.7 Å². The van der Waals surface area contributed by atoms with Gasteiger partial charge in [-0.05, 0) is 36.9 Å². The molecular weight excluding hydrogens is 330 g/mol. The summed E-state index contributed by atoms with van der Waals surface area (Å²) in [6.07, 6.45) is 6.18. The molecule has 0 spiro atoms. The summed E-state index contributed by atoms with van der Waals surface area (Å²) in [5, 5.41) is 8.92. The zero-order chi connectivity index (χ0) is 16.5. The van der Waals surface area contributed by atoms with E-state index in [1.165, 1.54) is 18.6 Å². The van der Waals surface area contributed by atoms with Gasteiger partial charge in [0, 0.05) is 6.61 Å². The Morgan fingerprint density at radius 1 is 1.42 bits per heavy atom. The predicted molar refractivity (Wildman–Crippen MR) is 86.6 cm³/mol. The van der Waals surface area contributed by atoms with Crippen molar-refractivity contribution in [3.63, 3.8) is 0 Å². The molecular formula is C15H15N5O3S. The summed E-state index contributed by atoms with van der Waals surface area (Å²) in [5.74, 6) is -0.497. The molecule has 1 saturated heterocycles. The van der Waals surface area contributed by atoms with E-state index in [1.54, 1.807) is 12.4 Å². The Morgan fingerprint density at radius 3 is 3.04 bits per heavy atom. The van der Waals surface area contributed by atoms with Crippen LogP contribution in [-0.4, -0.2) is 44.0 Å². The van der Waals surface area contributed by atoms with E-state index in [-0.39, 0.29) is 11.9 Å². The average molecular weight is 345 g/mol. The number of ether oxygens (including phenoxy) is 2. The van der Waals surface area contributed by atoms with E-state index in [1.807, 2.05) is 10.7 Å². The van der Waals surface area contributed by atoms with Crippen molar-refractivity contribution < 1.29 is 14.3 Å². The molecule has 24 heavy (non-hydrogen) atoms. The van der Waals surface area contributed by atoms with E-state index >= 15 is 0 Å². The summed E-state index contributed by atoms with van der Waals surface area (Å²) in [6, 6.07) is 1.89. The number of pyridine rings is 1. The van der Waals surface area contributed by atoms with Gasteiger partial charge in [-0.1, -0.05) is 4.49 Å². The molecule has 1 aliphatic rings. The number of rotatable bonds is 3. The summed E-state index contributed by atoms with van der Waals surface area (Å²) in [5.41, 5.74) is 1.65. The van der Waals surface area contributed by atoms with Crippen LogP contribution in [0.25, 0.3) is 21.5 Å². The Hall–Kier alpha value is -2.39. The molecule has 9 heteroatoms. The van der Waals surface area contributed by atoms with Crippen LogP contribution in [0.4, 0.5) is 0 Å². The molecule has 124 valence electrons. The minimum absolute atomic E-state index is 0.128. The van der Waals surface area contributed by atoms with Gasteiger partial charge in [0.1, 0.15) is 0 Å². The maximum atomic E-state index is 12.2. The third kappa shape index (κ3) is 2.55. The Bertz CT molecular complexity index is 871. The third-order valence-corrected chi connectivity index (χ3v) is 4.70. The highest BCUT2D eigenvalue weighted by Crippen LogP contribution is 2.30. The highest BCUT2D eigenvalue weighted by atomic mass is 32.1. The smallest absolute Gasteiger partial charge is 0.357 e. The minimum Gasteiger partial charge on any atom is -0.464 e. The van der Waals surface area contributed by atoms with Gasteiger partial charge in [-0.25, -0.2) is 14.5 Å². The number of esters is 1. The van der Waals surface area contributed by atoms with Crippen LogP contribution in [0.1, 0.15) is 36.0 Å². The van der Waals surface area contributed by atoms with Gasteiger partial charge in [0.25, 0.3) is 0 Å². The summed E-state index contributed by atoms with van der Waals surface area (Å²) in [6.45, 7) is 0.715. The number of nitrogens with zero attached hydrogens (tertiary/aromatic N) is 5. The topological polar surface area (TPSA) is 92.0 Å². The van der Waals surface area contributed by atoms with E-state index in [2.05, 4.69) is 19.7 Å². The van der Waals surface area contributed by atoms with Crippen LogP contribution in [0, 0.1) is 0 Å². The summed E-state index contributed by atoms with van der Waals surface area (Å²) >= 11 is 1.22. The fourth-order valence-corrected chi connectivity index (χ4v) is 3.32. The Balaban J connectivity index is 1.90. The molecule has 0 aliphatic carbocycles. The number of fused-ring (bicyclic) bond motifs is 1. The lowest BCUT2D eigenvalue weighted by Crippen LogP contribution is -2.19. The first-order chi connectivity index (χ1) is 11.8. The molecule has 3 aromatic rings. The van der Waals surface area contributed by atoms with Crippen LogP contribution in [0.15, 0.2) is 18.5 Å². The minimum atomic E-state index is -0.497. The second-order valence-electron chi connectivity index (χ2n) is 5.47. The maximum absolute atomic E-state index is 12.2. The first-order valence-corrected chi connectivity index (χ1v) is 8.41. The molecule has 1 aliphatic heterocycles. The maximum Gasteiger partial charge on any atom is 0.357 e. The van der Waals surface area contributed by atoms with Gasteiger partial charge in [-0.3, -0.25) is 0 Å². The van der Waals surface area contributed by atoms with Gasteiger partial charge in [0.2, 0.25) is 0 Å². The fraction of sp³-hybridized carbons (Fsp3) is 0.400.